The Kier molecular flexibility index (Phi) is 3.26. The zero-order chi connectivity index (χ0) is 13.3. The van der Waals surface area contributed by atoms with Gasteiger partial charge in [-0.05, 0) is 13.3 Å². The van der Waals surface area contributed by atoms with Crippen molar-refractivity contribution in [2.24, 2.45) is 0 Å². The predicted molar refractivity (Wildman–Crippen MR) is 62.4 cm³/mol. The predicted octanol–water partition coefficient (Wildman–Crippen LogP) is -1.11. The molecule has 0 unspecified atom stereocenters. The summed E-state index contributed by atoms with van der Waals surface area (Å²) in [5.41, 5.74) is 0. The summed E-state index contributed by atoms with van der Waals surface area (Å²) in [6.45, 7) is 3.79. The van der Waals surface area contributed by atoms with E-state index in [2.05, 4.69) is 21.3 Å². The van der Waals surface area contributed by atoms with Gasteiger partial charge in [0.15, 0.2) is 0 Å². The number of amides is 5. The Morgan fingerprint density at radius 2 is 2.11 bits per heavy atom. The van der Waals surface area contributed by atoms with Crippen molar-refractivity contribution in [2.45, 2.75) is 38.6 Å². The second-order valence-corrected chi connectivity index (χ2v) is 4.49. The molecule has 0 aliphatic carbocycles. The lowest BCUT2D eigenvalue weighted by Gasteiger charge is -2.21. The number of carbonyl (C=O) groups is 3. The van der Waals surface area contributed by atoms with Gasteiger partial charge in [0.25, 0.3) is 0 Å². The van der Waals surface area contributed by atoms with Crippen LogP contribution in [0.3, 0.4) is 0 Å². The first-order valence-electron chi connectivity index (χ1n) is 5.94. The maximum Gasteiger partial charge on any atom is 0.321 e. The molecule has 2 fully saturated rings. The van der Waals surface area contributed by atoms with Crippen LogP contribution in [0, 0.1) is 0 Å². The maximum absolute atomic E-state index is 11.7. The molecule has 8 heteroatoms. The summed E-state index contributed by atoms with van der Waals surface area (Å²) >= 11 is 0. The average molecular weight is 255 g/mol. The van der Waals surface area contributed by atoms with Gasteiger partial charge in [-0.15, -0.1) is 0 Å². The highest BCUT2D eigenvalue weighted by Gasteiger charge is 2.45. The molecule has 0 spiro atoms. The Labute approximate surface area is 104 Å². The molecule has 2 rings (SSSR count). The van der Waals surface area contributed by atoms with Gasteiger partial charge in [-0.2, -0.15) is 0 Å². The summed E-state index contributed by atoms with van der Waals surface area (Å²) in [7, 11) is 0. The van der Waals surface area contributed by atoms with Gasteiger partial charge in [0.1, 0.15) is 18.9 Å². The first kappa shape index (κ1) is 12.5. The van der Waals surface area contributed by atoms with E-state index in [1.165, 1.54) is 4.90 Å². The van der Waals surface area contributed by atoms with E-state index >= 15 is 0 Å². The van der Waals surface area contributed by atoms with E-state index in [1.54, 1.807) is 0 Å². The minimum atomic E-state index is -0.507. The third kappa shape index (κ3) is 2.31. The Morgan fingerprint density at radius 3 is 2.78 bits per heavy atom. The number of hydrogen-bond donors (Lipinski definition) is 4. The van der Waals surface area contributed by atoms with Crippen LogP contribution in [0.5, 0.6) is 0 Å². The number of carbonyl (C=O) groups excluding carboxylic acids is 3. The minimum Gasteiger partial charge on any atom is -0.352 e. The molecular weight excluding hydrogens is 238 g/mol. The first-order chi connectivity index (χ1) is 8.51. The number of fused-ring (bicyclic) bond motifs is 1. The van der Waals surface area contributed by atoms with Crippen LogP contribution < -0.4 is 21.3 Å². The second kappa shape index (κ2) is 4.71. The molecule has 0 radical (unpaired) electrons. The zero-order valence-electron chi connectivity index (χ0n) is 10.3. The maximum atomic E-state index is 11.7. The zero-order valence-corrected chi connectivity index (χ0v) is 10.3. The van der Waals surface area contributed by atoms with Crippen molar-refractivity contribution in [3.05, 3.63) is 0 Å². The molecule has 18 heavy (non-hydrogen) atoms. The summed E-state index contributed by atoms with van der Waals surface area (Å²) in [5.74, 6) is -0.235. The van der Waals surface area contributed by atoms with Crippen molar-refractivity contribution in [1.29, 1.82) is 0 Å². The molecular formula is C10H17N5O3. The van der Waals surface area contributed by atoms with Crippen molar-refractivity contribution in [2.75, 3.05) is 6.54 Å². The van der Waals surface area contributed by atoms with Gasteiger partial charge in [0.2, 0.25) is 5.91 Å². The van der Waals surface area contributed by atoms with Gasteiger partial charge in [0.05, 0.1) is 0 Å². The van der Waals surface area contributed by atoms with E-state index in [1.807, 2.05) is 13.8 Å². The van der Waals surface area contributed by atoms with Gasteiger partial charge >= 0.3 is 12.1 Å². The second-order valence-electron chi connectivity index (χ2n) is 4.49. The van der Waals surface area contributed by atoms with Crippen LogP contribution >= 0.6 is 0 Å². The summed E-state index contributed by atoms with van der Waals surface area (Å²) in [4.78, 5) is 35.8. The lowest BCUT2D eigenvalue weighted by atomic mass is 10.2. The molecule has 2 aliphatic rings. The first-order valence-corrected chi connectivity index (χ1v) is 5.94. The Morgan fingerprint density at radius 1 is 1.39 bits per heavy atom. The van der Waals surface area contributed by atoms with E-state index in [0.717, 1.165) is 6.42 Å². The topological polar surface area (TPSA) is 103 Å². The van der Waals surface area contributed by atoms with E-state index in [-0.39, 0.29) is 30.6 Å². The van der Waals surface area contributed by atoms with E-state index in [9.17, 15) is 14.4 Å². The van der Waals surface area contributed by atoms with Crippen LogP contribution in [0.2, 0.25) is 0 Å². The molecule has 0 aromatic carbocycles. The van der Waals surface area contributed by atoms with Gasteiger partial charge in [0, 0.05) is 6.04 Å². The highest BCUT2D eigenvalue weighted by atomic mass is 16.2. The molecule has 2 heterocycles. The summed E-state index contributed by atoms with van der Waals surface area (Å²) in [6, 6.07) is -0.649. The van der Waals surface area contributed by atoms with Gasteiger partial charge in [-0.1, -0.05) is 6.92 Å². The molecule has 8 nitrogen and oxygen atoms in total. The largest absolute Gasteiger partial charge is 0.352 e. The Hall–Kier alpha value is -1.99. The van der Waals surface area contributed by atoms with Crippen LogP contribution in [0.15, 0.2) is 0 Å². The fourth-order valence-electron chi connectivity index (χ4n) is 1.94. The number of nitrogens with one attached hydrogen (secondary N) is 4. The third-order valence-corrected chi connectivity index (χ3v) is 3.09. The molecule has 5 amide bonds. The highest BCUT2D eigenvalue weighted by Crippen LogP contribution is 2.13. The van der Waals surface area contributed by atoms with Crippen molar-refractivity contribution in [3.8, 4) is 0 Å². The van der Waals surface area contributed by atoms with E-state index in [0.29, 0.717) is 0 Å². The fraction of sp³-hybridized carbons (Fsp3) is 0.700. The van der Waals surface area contributed by atoms with Crippen molar-refractivity contribution in [1.82, 2.24) is 26.2 Å². The van der Waals surface area contributed by atoms with Gasteiger partial charge in [-0.25, -0.2) is 9.59 Å². The lowest BCUT2D eigenvalue weighted by molar-refractivity contribution is -0.122. The van der Waals surface area contributed by atoms with E-state index < -0.39 is 12.3 Å². The van der Waals surface area contributed by atoms with Crippen LogP contribution in [0.1, 0.15) is 20.3 Å². The smallest absolute Gasteiger partial charge is 0.321 e. The lowest BCUT2D eigenvalue weighted by Crippen LogP contribution is -2.49. The normalized spacial score (nSPS) is 27.1. The number of urea groups is 2. The summed E-state index contributed by atoms with van der Waals surface area (Å²) < 4.78 is 0. The molecule has 2 saturated heterocycles. The SMILES string of the molecule is CC[C@@H](C)NC(=O)CN1C(=O)N[C@@H]2NC(=O)N[C@@H]21. The fourth-order valence-corrected chi connectivity index (χ4v) is 1.94. The van der Waals surface area contributed by atoms with Crippen LogP contribution in [0.25, 0.3) is 0 Å². The number of rotatable bonds is 4. The van der Waals surface area contributed by atoms with Gasteiger partial charge in [-0.3, -0.25) is 9.69 Å². The Balaban J connectivity index is 1.94. The molecule has 0 saturated carbocycles. The summed E-state index contributed by atoms with van der Waals surface area (Å²) in [5, 5.41) is 10.5. The molecule has 3 atom stereocenters. The van der Waals surface area contributed by atoms with E-state index in [4.69, 9.17) is 0 Å². The average Bonchev–Trinajstić information content (AvgIpc) is 2.77. The molecule has 4 N–H and O–H groups in total. The highest BCUT2D eigenvalue weighted by molar-refractivity contribution is 5.88. The van der Waals surface area contributed by atoms with Crippen LogP contribution in [-0.4, -0.2) is 47.8 Å². The van der Waals surface area contributed by atoms with Crippen LogP contribution in [-0.2, 0) is 4.79 Å². The minimum absolute atomic E-state index is 0.0651. The molecule has 0 aromatic rings. The van der Waals surface area contributed by atoms with Crippen molar-refractivity contribution in [3.63, 3.8) is 0 Å². The molecule has 100 valence electrons. The number of nitrogens with zero attached hydrogens (tertiary/aromatic N) is 1. The standard InChI is InChI=1S/C10H17N5O3/c1-3-5(2)11-6(16)4-15-8-7(13-10(15)18)12-9(17)14-8/h5,7-8H,3-4H2,1-2H3,(H,11,16)(H,13,18)(H2,12,14,17)/t5-,7+,8-/m1/s1. The molecule has 0 aromatic heterocycles. The Bertz CT molecular complexity index is 386. The molecule has 2 aliphatic heterocycles. The molecule has 0 bridgehead atoms. The van der Waals surface area contributed by atoms with Gasteiger partial charge < -0.3 is 21.3 Å². The quantitative estimate of drug-likeness (QED) is 0.512. The van der Waals surface area contributed by atoms with Crippen LogP contribution in [0.4, 0.5) is 9.59 Å². The van der Waals surface area contributed by atoms with Crippen molar-refractivity contribution < 1.29 is 14.4 Å². The third-order valence-electron chi connectivity index (χ3n) is 3.09. The number of hydrogen-bond acceptors (Lipinski definition) is 3. The monoisotopic (exact) mass is 255 g/mol. The van der Waals surface area contributed by atoms with Crippen molar-refractivity contribution >= 4 is 18.0 Å². The summed E-state index contributed by atoms with van der Waals surface area (Å²) in [6.07, 6.45) is -0.156.